The van der Waals surface area contributed by atoms with Gasteiger partial charge < -0.3 is 25.0 Å². The number of hydrogen-bond donors (Lipinski definition) is 2. The van der Waals surface area contributed by atoms with Crippen LogP contribution in [0.1, 0.15) is 60.9 Å². The zero-order chi connectivity index (χ0) is 31.4. The third-order valence-corrected chi connectivity index (χ3v) is 6.88. The van der Waals surface area contributed by atoms with Gasteiger partial charge >= 0.3 is 12.3 Å². The van der Waals surface area contributed by atoms with Crippen molar-refractivity contribution in [3.05, 3.63) is 76.1 Å². The number of nitrogens with one attached hydrogen (secondary N) is 2. The Morgan fingerprint density at radius 1 is 1.09 bits per heavy atom. The van der Waals surface area contributed by atoms with Crippen molar-refractivity contribution in [1.29, 1.82) is 0 Å². The molecule has 2 heterocycles. The summed E-state index contributed by atoms with van der Waals surface area (Å²) in [4.78, 5) is 35.8. The number of anilines is 1. The van der Waals surface area contributed by atoms with Gasteiger partial charge in [0.1, 0.15) is 11.3 Å². The molecule has 13 heteroatoms. The molecule has 0 radical (unpaired) electrons. The van der Waals surface area contributed by atoms with E-state index in [0.717, 1.165) is 12.1 Å². The van der Waals surface area contributed by atoms with Crippen LogP contribution in [-0.2, 0) is 22.2 Å². The number of rotatable bonds is 7. The van der Waals surface area contributed by atoms with Gasteiger partial charge in [-0.1, -0.05) is 29.8 Å². The fourth-order valence-electron chi connectivity index (χ4n) is 4.44. The number of ether oxygens (including phenoxy) is 2. The summed E-state index contributed by atoms with van der Waals surface area (Å²) in [7, 11) is 0. The minimum absolute atomic E-state index is 0.0699. The molecule has 0 spiro atoms. The molecule has 0 saturated carbocycles. The van der Waals surface area contributed by atoms with Crippen LogP contribution in [-0.4, -0.2) is 53.9 Å². The van der Waals surface area contributed by atoms with E-state index in [1.165, 1.54) is 24.4 Å². The fourth-order valence-corrected chi connectivity index (χ4v) is 4.79. The monoisotopic (exact) mass is 619 g/mol. The standard InChI is InChI=1S/C30H33ClF3N5O4/c1-18(37-26(40)25-9-10-35-27(38-25)39-11-13-42-14-12-39)22-8-6-19(15-24(22)31)23-16-21(30(32,33)34)7-5-20(23)17-36-28(41)43-29(2,3)4/h5-10,15-16,18H,11-14,17H2,1-4H3,(H,36,41)(H,37,40)/t18-/m1/s1. The Balaban J connectivity index is 1.54. The first-order valence-electron chi connectivity index (χ1n) is 13.6. The molecule has 230 valence electrons. The molecule has 9 nitrogen and oxygen atoms in total. The highest BCUT2D eigenvalue weighted by molar-refractivity contribution is 6.31. The Morgan fingerprint density at radius 3 is 2.47 bits per heavy atom. The number of halogens is 4. The predicted octanol–water partition coefficient (Wildman–Crippen LogP) is 6.17. The number of alkyl halides is 3. The lowest BCUT2D eigenvalue weighted by molar-refractivity contribution is -0.137. The highest BCUT2D eigenvalue weighted by Crippen LogP contribution is 2.36. The molecule has 1 atom stereocenters. The predicted molar refractivity (Wildman–Crippen MR) is 156 cm³/mol. The van der Waals surface area contributed by atoms with E-state index in [2.05, 4.69) is 20.6 Å². The van der Waals surface area contributed by atoms with Crippen LogP contribution in [0.3, 0.4) is 0 Å². The van der Waals surface area contributed by atoms with Gasteiger partial charge in [-0.15, -0.1) is 0 Å². The highest BCUT2D eigenvalue weighted by Gasteiger charge is 2.31. The average molecular weight is 620 g/mol. The van der Waals surface area contributed by atoms with Crippen LogP contribution in [0.25, 0.3) is 11.1 Å². The van der Waals surface area contributed by atoms with Crippen molar-refractivity contribution < 1.29 is 32.2 Å². The fraction of sp³-hybridized carbons (Fsp3) is 0.400. The number of amides is 2. The zero-order valence-electron chi connectivity index (χ0n) is 24.2. The summed E-state index contributed by atoms with van der Waals surface area (Å²) in [6.07, 6.45) is -3.75. The summed E-state index contributed by atoms with van der Waals surface area (Å²) >= 11 is 6.61. The molecule has 0 aliphatic carbocycles. The zero-order valence-corrected chi connectivity index (χ0v) is 25.0. The SMILES string of the molecule is C[C@@H](NC(=O)c1ccnc(N2CCOCC2)n1)c1ccc(-c2cc(C(F)(F)F)ccc2CNC(=O)OC(C)(C)C)cc1Cl. The van der Waals surface area contributed by atoms with E-state index in [0.29, 0.717) is 48.9 Å². The normalized spacial score (nSPS) is 14.7. The Morgan fingerprint density at radius 2 is 1.81 bits per heavy atom. The van der Waals surface area contributed by atoms with E-state index in [9.17, 15) is 22.8 Å². The largest absolute Gasteiger partial charge is 0.444 e. The second kappa shape index (κ2) is 13.2. The van der Waals surface area contributed by atoms with Crippen LogP contribution in [0.5, 0.6) is 0 Å². The minimum atomic E-state index is -4.57. The van der Waals surface area contributed by atoms with E-state index in [1.807, 2.05) is 4.90 Å². The van der Waals surface area contributed by atoms with Crippen molar-refractivity contribution in [2.45, 2.75) is 52.1 Å². The second-order valence-corrected chi connectivity index (χ2v) is 11.4. The molecule has 1 saturated heterocycles. The molecule has 2 amide bonds. The van der Waals surface area contributed by atoms with Crippen LogP contribution in [0.15, 0.2) is 48.7 Å². The summed E-state index contributed by atoms with van der Waals surface area (Å²) in [5.41, 5.74) is 0.248. The maximum absolute atomic E-state index is 13.6. The van der Waals surface area contributed by atoms with Gasteiger partial charge in [-0.25, -0.2) is 14.8 Å². The first-order valence-corrected chi connectivity index (χ1v) is 14.0. The minimum Gasteiger partial charge on any atom is -0.444 e. The van der Waals surface area contributed by atoms with Gasteiger partial charge in [-0.2, -0.15) is 13.2 Å². The number of nitrogens with zero attached hydrogens (tertiary/aromatic N) is 3. The lowest BCUT2D eigenvalue weighted by Crippen LogP contribution is -2.37. The van der Waals surface area contributed by atoms with Crippen molar-refractivity contribution in [3.8, 4) is 11.1 Å². The molecule has 43 heavy (non-hydrogen) atoms. The number of carbonyl (C=O) groups excluding carboxylic acids is 2. The second-order valence-electron chi connectivity index (χ2n) is 11.0. The van der Waals surface area contributed by atoms with E-state index in [-0.39, 0.29) is 22.8 Å². The van der Waals surface area contributed by atoms with Crippen molar-refractivity contribution >= 4 is 29.5 Å². The van der Waals surface area contributed by atoms with Crippen molar-refractivity contribution in [3.63, 3.8) is 0 Å². The number of carbonyl (C=O) groups is 2. The molecule has 0 unspecified atom stereocenters. The molecule has 4 rings (SSSR count). The summed E-state index contributed by atoms with van der Waals surface area (Å²) in [5, 5.41) is 5.70. The third-order valence-electron chi connectivity index (χ3n) is 6.55. The van der Waals surface area contributed by atoms with Crippen LogP contribution >= 0.6 is 11.6 Å². The van der Waals surface area contributed by atoms with E-state index in [4.69, 9.17) is 21.1 Å². The average Bonchev–Trinajstić information content (AvgIpc) is 2.95. The van der Waals surface area contributed by atoms with Crippen LogP contribution in [0.2, 0.25) is 5.02 Å². The molecule has 1 fully saturated rings. The number of benzene rings is 2. The van der Waals surface area contributed by atoms with Gasteiger partial charge in [0.15, 0.2) is 0 Å². The number of aromatic nitrogens is 2. The van der Waals surface area contributed by atoms with Gasteiger partial charge in [-0.05, 0) is 74.2 Å². The smallest absolute Gasteiger partial charge is 0.416 e. The lowest BCUT2D eigenvalue weighted by Gasteiger charge is -2.26. The number of morpholine rings is 1. The van der Waals surface area contributed by atoms with Gasteiger partial charge in [0, 0.05) is 30.9 Å². The van der Waals surface area contributed by atoms with Crippen LogP contribution in [0, 0.1) is 0 Å². The Bertz CT molecular complexity index is 1470. The van der Waals surface area contributed by atoms with Crippen molar-refractivity contribution in [2.75, 3.05) is 31.2 Å². The Hall–Kier alpha value is -3.90. The summed E-state index contributed by atoms with van der Waals surface area (Å²) in [5.74, 6) is 0.00183. The molecule has 2 N–H and O–H groups in total. The quantitative estimate of drug-likeness (QED) is 0.326. The van der Waals surface area contributed by atoms with Crippen molar-refractivity contribution in [2.24, 2.45) is 0 Å². The van der Waals surface area contributed by atoms with Crippen molar-refractivity contribution in [1.82, 2.24) is 20.6 Å². The van der Waals surface area contributed by atoms with Gasteiger partial charge in [0.25, 0.3) is 5.91 Å². The number of hydrogen-bond acceptors (Lipinski definition) is 7. The molecule has 1 aliphatic heterocycles. The van der Waals surface area contributed by atoms with Gasteiger partial charge in [0.2, 0.25) is 5.95 Å². The molecule has 1 aromatic heterocycles. The molecular formula is C30H33ClF3N5O4. The number of alkyl carbamates (subject to hydrolysis) is 1. The topological polar surface area (TPSA) is 106 Å². The molecule has 2 aromatic carbocycles. The van der Waals surface area contributed by atoms with Crippen LogP contribution < -0.4 is 15.5 Å². The third kappa shape index (κ3) is 8.57. The Kier molecular flexibility index (Phi) is 9.81. The summed E-state index contributed by atoms with van der Waals surface area (Å²) in [6.45, 7) is 9.13. The van der Waals surface area contributed by atoms with E-state index in [1.54, 1.807) is 39.8 Å². The Labute approximate surface area is 252 Å². The maximum Gasteiger partial charge on any atom is 0.416 e. The van der Waals surface area contributed by atoms with Crippen LogP contribution in [0.4, 0.5) is 23.9 Å². The first-order chi connectivity index (χ1) is 20.2. The molecular weight excluding hydrogens is 587 g/mol. The molecule has 1 aliphatic rings. The van der Waals surface area contributed by atoms with E-state index >= 15 is 0 Å². The summed E-state index contributed by atoms with van der Waals surface area (Å²) in [6, 6.07) is 9.05. The maximum atomic E-state index is 13.6. The van der Waals surface area contributed by atoms with E-state index < -0.39 is 35.4 Å². The highest BCUT2D eigenvalue weighted by atomic mass is 35.5. The van der Waals surface area contributed by atoms with Gasteiger partial charge in [0.05, 0.1) is 24.8 Å². The summed E-state index contributed by atoms with van der Waals surface area (Å²) < 4.78 is 51.3. The lowest BCUT2D eigenvalue weighted by atomic mass is 9.95. The van der Waals surface area contributed by atoms with Gasteiger partial charge in [-0.3, -0.25) is 4.79 Å². The molecule has 3 aromatic rings. The first kappa shape index (κ1) is 32.0. The molecule has 0 bridgehead atoms.